The van der Waals surface area contributed by atoms with E-state index >= 15 is 0 Å². The van der Waals surface area contributed by atoms with Crippen LogP contribution in [0.25, 0.3) is 5.65 Å². The molecule has 1 amide bonds. The number of aliphatic hydroxyl groups is 1. The average Bonchev–Trinajstić information content (AvgIpc) is 3.22. The molecule has 0 fully saturated rings. The molecule has 170 valence electrons. The summed E-state index contributed by atoms with van der Waals surface area (Å²) in [6.45, 7) is 3.53. The highest BCUT2D eigenvalue weighted by Gasteiger charge is 2.22. The third-order valence-electron chi connectivity index (χ3n) is 4.88. The summed E-state index contributed by atoms with van der Waals surface area (Å²) in [6.07, 6.45) is 0.949. The highest BCUT2D eigenvalue weighted by Crippen LogP contribution is 2.21. The summed E-state index contributed by atoms with van der Waals surface area (Å²) in [4.78, 5) is 21.0. The van der Waals surface area contributed by atoms with Gasteiger partial charge >= 0.3 is 0 Å². The largest absolute Gasteiger partial charge is 0.387 e. The third-order valence-corrected chi connectivity index (χ3v) is 5.12. The van der Waals surface area contributed by atoms with E-state index in [9.17, 15) is 9.90 Å². The molecule has 33 heavy (non-hydrogen) atoms. The van der Waals surface area contributed by atoms with E-state index < -0.39 is 18.1 Å². The first-order valence-electron chi connectivity index (χ1n) is 10.2. The van der Waals surface area contributed by atoms with Crippen LogP contribution in [0.15, 0.2) is 42.6 Å². The van der Waals surface area contributed by atoms with E-state index in [2.05, 4.69) is 35.9 Å². The Labute approximate surface area is 194 Å². The van der Waals surface area contributed by atoms with Gasteiger partial charge < -0.3 is 21.5 Å². The Morgan fingerprint density at radius 2 is 2.09 bits per heavy atom. The maximum absolute atomic E-state index is 12.8. The van der Waals surface area contributed by atoms with Crippen LogP contribution in [0.4, 0.5) is 17.3 Å². The maximum atomic E-state index is 12.8. The summed E-state index contributed by atoms with van der Waals surface area (Å²) in [5, 5.41) is 29.4. The van der Waals surface area contributed by atoms with Crippen molar-refractivity contribution in [3.63, 3.8) is 0 Å². The van der Waals surface area contributed by atoms with Crippen molar-refractivity contribution in [1.29, 1.82) is 0 Å². The average molecular weight is 468 g/mol. The number of hydrogen-bond acceptors (Lipinski definition) is 9. The summed E-state index contributed by atoms with van der Waals surface area (Å²) in [6, 6.07) is 10.2. The minimum Gasteiger partial charge on any atom is -0.387 e. The number of carbonyl (C=O) groups excluding carboxylic acids is 1. The fraction of sp³-hybridized carbons (Fsp3) is 0.238. The van der Waals surface area contributed by atoms with Gasteiger partial charge in [-0.25, -0.2) is 9.97 Å². The Kier molecular flexibility index (Phi) is 6.33. The number of amides is 1. The fourth-order valence-corrected chi connectivity index (χ4v) is 3.32. The van der Waals surface area contributed by atoms with Crippen molar-refractivity contribution in [3.05, 3.63) is 64.8 Å². The van der Waals surface area contributed by atoms with Gasteiger partial charge in [-0.3, -0.25) is 4.79 Å². The third kappa shape index (κ3) is 4.83. The molecule has 0 saturated carbocycles. The molecule has 12 heteroatoms. The standard InChI is InChI=1S/C21H22ClN9O2/c1-3-15(32)14-10-24-19(23)18(27-14)21(33)25-11(2)20-29-28-17-8-7-16(30-31(17)20)26-13-6-4-5-12(22)9-13/h4-11,15,32H,3H2,1-2H3,(H2,23,24)(H,25,33)(H,26,30)/t11-,15?/m1/s1. The molecular weight excluding hydrogens is 446 g/mol. The molecule has 0 radical (unpaired) electrons. The first-order chi connectivity index (χ1) is 15.9. The highest BCUT2D eigenvalue weighted by atomic mass is 35.5. The van der Waals surface area contributed by atoms with E-state index in [-0.39, 0.29) is 17.2 Å². The van der Waals surface area contributed by atoms with Gasteiger partial charge in [-0.15, -0.1) is 15.3 Å². The number of aliphatic hydroxyl groups excluding tert-OH is 1. The fourth-order valence-electron chi connectivity index (χ4n) is 3.13. The molecule has 2 atom stereocenters. The summed E-state index contributed by atoms with van der Waals surface area (Å²) in [5.41, 5.74) is 7.32. The second-order valence-corrected chi connectivity index (χ2v) is 7.77. The summed E-state index contributed by atoms with van der Waals surface area (Å²) in [7, 11) is 0. The summed E-state index contributed by atoms with van der Waals surface area (Å²) < 4.78 is 1.53. The van der Waals surface area contributed by atoms with E-state index in [1.807, 2.05) is 12.1 Å². The van der Waals surface area contributed by atoms with Crippen LogP contribution in [0.3, 0.4) is 0 Å². The van der Waals surface area contributed by atoms with Gasteiger partial charge in [-0.1, -0.05) is 24.6 Å². The van der Waals surface area contributed by atoms with Gasteiger partial charge in [0.05, 0.1) is 24.0 Å². The Morgan fingerprint density at radius 3 is 2.85 bits per heavy atom. The van der Waals surface area contributed by atoms with Gasteiger partial charge in [0.25, 0.3) is 5.91 Å². The van der Waals surface area contributed by atoms with Crippen LogP contribution < -0.4 is 16.4 Å². The van der Waals surface area contributed by atoms with Crippen molar-refractivity contribution < 1.29 is 9.90 Å². The lowest BCUT2D eigenvalue weighted by Crippen LogP contribution is -2.30. The van der Waals surface area contributed by atoms with E-state index in [0.717, 1.165) is 5.69 Å². The minimum absolute atomic E-state index is 0.0380. The number of fused-ring (bicyclic) bond motifs is 1. The quantitative estimate of drug-likeness (QED) is 0.321. The summed E-state index contributed by atoms with van der Waals surface area (Å²) in [5.74, 6) is 0.358. The number of nitrogen functional groups attached to an aromatic ring is 1. The number of hydrogen-bond donors (Lipinski definition) is 4. The highest BCUT2D eigenvalue weighted by molar-refractivity contribution is 6.30. The lowest BCUT2D eigenvalue weighted by molar-refractivity contribution is 0.0932. The van der Waals surface area contributed by atoms with Crippen LogP contribution in [0.5, 0.6) is 0 Å². The van der Waals surface area contributed by atoms with E-state index in [1.54, 1.807) is 38.1 Å². The smallest absolute Gasteiger partial charge is 0.274 e. The number of anilines is 3. The van der Waals surface area contributed by atoms with Crippen molar-refractivity contribution in [2.75, 3.05) is 11.1 Å². The number of nitrogens with two attached hydrogens (primary N) is 1. The van der Waals surface area contributed by atoms with E-state index in [0.29, 0.717) is 28.7 Å². The summed E-state index contributed by atoms with van der Waals surface area (Å²) >= 11 is 6.04. The number of aromatic nitrogens is 6. The Hall–Kier alpha value is -3.83. The van der Waals surface area contributed by atoms with E-state index in [4.69, 9.17) is 17.3 Å². The van der Waals surface area contributed by atoms with Crippen LogP contribution in [0, 0.1) is 0 Å². The molecule has 4 rings (SSSR count). The van der Waals surface area contributed by atoms with Crippen molar-refractivity contribution >= 4 is 40.5 Å². The van der Waals surface area contributed by atoms with Crippen LogP contribution in [0.1, 0.15) is 54.4 Å². The second kappa shape index (κ2) is 9.35. The predicted molar refractivity (Wildman–Crippen MR) is 123 cm³/mol. The van der Waals surface area contributed by atoms with Gasteiger partial charge in [0.1, 0.15) is 0 Å². The van der Waals surface area contributed by atoms with Gasteiger partial charge in [0, 0.05) is 10.7 Å². The normalized spacial score (nSPS) is 13.0. The zero-order valence-corrected chi connectivity index (χ0v) is 18.7. The van der Waals surface area contributed by atoms with Crippen molar-refractivity contribution in [2.45, 2.75) is 32.4 Å². The lowest BCUT2D eigenvalue weighted by atomic mass is 10.2. The number of carbonyl (C=O) groups is 1. The lowest BCUT2D eigenvalue weighted by Gasteiger charge is -2.14. The molecular formula is C21H22ClN9O2. The molecule has 3 heterocycles. The zero-order valence-electron chi connectivity index (χ0n) is 17.9. The number of nitrogens with one attached hydrogen (secondary N) is 2. The van der Waals surface area contributed by atoms with Crippen molar-refractivity contribution in [3.8, 4) is 0 Å². The number of benzene rings is 1. The van der Waals surface area contributed by atoms with Crippen molar-refractivity contribution in [2.24, 2.45) is 0 Å². The first-order valence-corrected chi connectivity index (χ1v) is 10.6. The van der Waals surface area contributed by atoms with E-state index in [1.165, 1.54) is 10.7 Å². The molecule has 3 aromatic heterocycles. The molecule has 0 saturated heterocycles. The minimum atomic E-state index is -0.836. The van der Waals surface area contributed by atoms with Crippen LogP contribution in [-0.2, 0) is 0 Å². The number of halogens is 1. The first kappa shape index (κ1) is 22.4. The Balaban J connectivity index is 1.57. The molecule has 0 aliphatic rings. The number of nitrogens with zero attached hydrogens (tertiary/aromatic N) is 6. The predicted octanol–water partition coefficient (Wildman–Crippen LogP) is 2.83. The van der Waals surface area contributed by atoms with Gasteiger partial charge in [-0.05, 0) is 43.7 Å². The molecule has 0 bridgehead atoms. The molecule has 4 aromatic rings. The molecule has 0 aliphatic carbocycles. The Bertz CT molecular complexity index is 1310. The monoisotopic (exact) mass is 467 g/mol. The van der Waals surface area contributed by atoms with Gasteiger partial charge in [-0.2, -0.15) is 4.52 Å². The van der Waals surface area contributed by atoms with Gasteiger partial charge in [0.2, 0.25) is 0 Å². The second-order valence-electron chi connectivity index (χ2n) is 7.33. The van der Waals surface area contributed by atoms with Gasteiger partial charge in [0.15, 0.2) is 28.8 Å². The topological polar surface area (TPSA) is 156 Å². The molecule has 0 spiro atoms. The Morgan fingerprint density at radius 1 is 1.27 bits per heavy atom. The van der Waals surface area contributed by atoms with Crippen molar-refractivity contribution in [1.82, 2.24) is 35.1 Å². The molecule has 11 nitrogen and oxygen atoms in total. The molecule has 1 unspecified atom stereocenters. The van der Waals surface area contributed by atoms with Crippen LogP contribution >= 0.6 is 11.6 Å². The molecule has 5 N–H and O–H groups in total. The molecule has 0 aliphatic heterocycles. The number of rotatable bonds is 7. The maximum Gasteiger partial charge on any atom is 0.274 e. The SMILES string of the molecule is CCC(O)c1cnc(N)c(C(=O)N[C@H](C)c2nnc3ccc(Nc4cccc(Cl)c4)nn23)n1. The zero-order chi connectivity index (χ0) is 23.5. The van der Waals surface area contributed by atoms with Crippen LogP contribution in [0.2, 0.25) is 5.02 Å². The molecule has 1 aromatic carbocycles. The van der Waals surface area contributed by atoms with Crippen LogP contribution in [-0.4, -0.2) is 40.8 Å².